The van der Waals surface area contributed by atoms with E-state index in [-0.39, 0.29) is 12.3 Å². The number of rotatable bonds is 5. The SMILES string of the molecule is Cc1ccc2onc(CC(=O)Nc3ccc(Nc4cc(C)ncn4)cc3)c2c1. The number of aromatic nitrogens is 3. The smallest absolute Gasteiger partial charge is 0.230 e. The van der Waals surface area contributed by atoms with Gasteiger partial charge < -0.3 is 15.2 Å². The number of benzene rings is 2. The van der Waals surface area contributed by atoms with Gasteiger partial charge in [-0.1, -0.05) is 16.8 Å². The van der Waals surface area contributed by atoms with Crippen LogP contribution in [0.4, 0.5) is 17.2 Å². The van der Waals surface area contributed by atoms with Gasteiger partial charge in [-0.15, -0.1) is 0 Å². The van der Waals surface area contributed by atoms with E-state index in [0.717, 1.165) is 28.1 Å². The lowest BCUT2D eigenvalue weighted by Crippen LogP contribution is -2.14. The molecule has 0 atom stereocenters. The number of fused-ring (bicyclic) bond motifs is 1. The van der Waals surface area contributed by atoms with Crippen molar-refractivity contribution in [3.63, 3.8) is 0 Å². The predicted molar refractivity (Wildman–Crippen MR) is 108 cm³/mol. The van der Waals surface area contributed by atoms with Gasteiger partial charge >= 0.3 is 0 Å². The summed E-state index contributed by atoms with van der Waals surface area (Å²) in [5.74, 6) is 0.571. The van der Waals surface area contributed by atoms with Crippen molar-refractivity contribution in [2.75, 3.05) is 10.6 Å². The van der Waals surface area contributed by atoms with Gasteiger partial charge in [-0.25, -0.2) is 9.97 Å². The summed E-state index contributed by atoms with van der Waals surface area (Å²) < 4.78 is 5.29. The van der Waals surface area contributed by atoms with Gasteiger partial charge in [0.1, 0.15) is 17.8 Å². The molecule has 0 saturated heterocycles. The van der Waals surface area contributed by atoms with Gasteiger partial charge in [0.2, 0.25) is 5.91 Å². The highest BCUT2D eigenvalue weighted by atomic mass is 16.5. The largest absolute Gasteiger partial charge is 0.356 e. The van der Waals surface area contributed by atoms with E-state index in [0.29, 0.717) is 17.0 Å². The van der Waals surface area contributed by atoms with Crippen LogP contribution in [0.5, 0.6) is 0 Å². The lowest BCUT2D eigenvalue weighted by atomic mass is 10.1. The topological polar surface area (TPSA) is 92.9 Å². The molecule has 0 aliphatic heterocycles. The molecule has 0 spiro atoms. The first-order chi connectivity index (χ1) is 13.6. The number of amides is 1. The molecule has 0 unspecified atom stereocenters. The molecule has 2 heterocycles. The summed E-state index contributed by atoms with van der Waals surface area (Å²) in [5.41, 5.74) is 4.88. The molecular weight excluding hydrogens is 354 g/mol. The van der Waals surface area contributed by atoms with Crippen molar-refractivity contribution in [1.82, 2.24) is 15.1 Å². The molecule has 1 amide bonds. The van der Waals surface area contributed by atoms with E-state index < -0.39 is 0 Å². The molecule has 0 fully saturated rings. The third kappa shape index (κ3) is 3.98. The van der Waals surface area contributed by atoms with E-state index in [1.165, 1.54) is 6.33 Å². The second-order valence-electron chi connectivity index (χ2n) is 6.60. The average molecular weight is 373 g/mol. The highest BCUT2D eigenvalue weighted by molar-refractivity contribution is 5.94. The van der Waals surface area contributed by atoms with Gasteiger partial charge in [-0.05, 0) is 50.2 Å². The second-order valence-corrected chi connectivity index (χ2v) is 6.60. The monoisotopic (exact) mass is 373 g/mol. The van der Waals surface area contributed by atoms with Crippen LogP contribution in [0, 0.1) is 13.8 Å². The molecule has 4 rings (SSSR count). The number of anilines is 3. The van der Waals surface area contributed by atoms with Gasteiger partial charge in [-0.3, -0.25) is 4.79 Å². The fourth-order valence-electron chi connectivity index (χ4n) is 2.89. The van der Waals surface area contributed by atoms with Crippen molar-refractivity contribution in [2.24, 2.45) is 0 Å². The lowest BCUT2D eigenvalue weighted by molar-refractivity contribution is -0.115. The van der Waals surface area contributed by atoms with E-state index in [9.17, 15) is 4.79 Å². The predicted octanol–water partition coefficient (Wildman–Crippen LogP) is 4.16. The Kier molecular flexibility index (Phi) is 4.72. The molecule has 28 heavy (non-hydrogen) atoms. The highest BCUT2D eigenvalue weighted by Gasteiger charge is 2.13. The van der Waals surface area contributed by atoms with Gasteiger partial charge in [0.15, 0.2) is 5.58 Å². The average Bonchev–Trinajstić information content (AvgIpc) is 3.05. The maximum absolute atomic E-state index is 12.4. The minimum atomic E-state index is -0.149. The molecule has 2 aromatic heterocycles. The molecule has 0 aliphatic rings. The Morgan fingerprint density at radius 3 is 2.57 bits per heavy atom. The number of hydrogen-bond acceptors (Lipinski definition) is 6. The van der Waals surface area contributed by atoms with E-state index in [1.807, 2.05) is 62.4 Å². The number of hydrogen-bond donors (Lipinski definition) is 2. The minimum Gasteiger partial charge on any atom is -0.356 e. The molecular formula is C21H19N5O2. The van der Waals surface area contributed by atoms with Gasteiger partial charge in [0.05, 0.1) is 6.42 Å². The molecule has 4 aromatic rings. The maximum atomic E-state index is 12.4. The summed E-state index contributed by atoms with van der Waals surface area (Å²) in [6.07, 6.45) is 1.66. The fraction of sp³-hybridized carbons (Fsp3) is 0.143. The quantitative estimate of drug-likeness (QED) is 0.546. The van der Waals surface area contributed by atoms with Crippen LogP contribution in [0.15, 0.2) is 59.4 Å². The van der Waals surface area contributed by atoms with E-state index >= 15 is 0 Å². The maximum Gasteiger partial charge on any atom is 0.230 e. The zero-order valence-electron chi connectivity index (χ0n) is 15.6. The van der Waals surface area contributed by atoms with Crippen molar-refractivity contribution in [1.29, 1.82) is 0 Å². The third-order valence-corrected chi connectivity index (χ3v) is 4.27. The molecule has 7 nitrogen and oxygen atoms in total. The van der Waals surface area contributed by atoms with Crippen LogP contribution in [0.25, 0.3) is 11.0 Å². The molecule has 0 radical (unpaired) electrons. The zero-order chi connectivity index (χ0) is 19.5. The highest BCUT2D eigenvalue weighted by Crippen LogP contribution is 2.21. The number of carbonyl (C=O) groups is 1. The number of aryl methyl sites for hydroxylation is 2. The van der Waals surface area contributed by atoms with Crippen molar-refractivity contribution in [3.05, 3.63) is 71.8 Å². The van der Waals surface area contributed by atoms with Crippen molar-refractivity contribution in [3.8, 4) is 0 Å². The van der Waals surface area contributed by atoms with Crippen molar-refractivity contribution in [2.45, 2.75) is 20.3 Å². The first-order valence-corrected chi connectivity index (χ1v) is 8.87. The Morgan fingerprint density at radius 2 is 1.79 bits per heavy atom. The summed E-state index contributed by atoms with van der Waals surface area (Å²) in [6, 6.07) is 15.1. The number of carbonyl (C=O) groups excluding carboxylic acids is 1. The third-order valence-electron chi connectivity index (χ3n) is 4.27. The first kappa shape index (κ1) is 17.7. The minimum absolute atomic E-state index is 0.149. The number of nitrogens with one attached hydrogen (secondary N) is 2. The van der Waals surface area contributed by atoms with E-state index in [2.05, 4.69) is 25.8 Å². The summed E-state index contributed by atoms with van der Waals surface area (Å²) in [4.78, 5) is 20.6. The summed E-state index contributed by atoms with van der Waals surface area (Å²) >= 11 is 0. The van der Waals surface area contributed by atoms with Crippen LogP contribution in [0.3, 0.4) is 0 Å². The Balaban J connectivity index is 1.41. The van der Waals surface area contributed by atoms with Crippen molar-refractivity contribution >= 4 is 34.1 Å². The second kappa shape index (κ2) is 7.48. The first-order valence-electron chi connectivity index (χ1n) is 8.87. The standard InChI is InChI=1S/C21H19N5O2/c1-13-3-8-19-17(9-13)18(26-28-19)11-21(27)25-16-6-4-15(5-7-16)24-20-10-14(2)22-12-23-20/h3-10,12H,11H2,1-2H3,(H,25,27)(H,22,23,24). The molecule has 2 N–H and O–H groups in total. The Labute approximate surface area is 161 Å². The zero-order valence-corrected chi connectivity index (χ0v) is 15.6. The normalized spacial score (nSPS) is 10.8. The summed E-state index contributed by atoms with van der Waals surface area (Å²) in [6.45, 7) is 3.90. The van der Waals surface area contributed by atoms with Gasteiger partial charge in [0, 0.05) is 28.5 Å². The van der Waals surface area contributed by atoms with Crippen LogP contribution >= 0.6 is 0 Å². The Morgan fingerprint density at radius 1 is 1.00 bits per heavy atom. The van der Waals surface area contributed by atoms with Crippen molar-refractivity contribution < 1.29 is 9.32 Å². The van der Waals surface area contributed by atoms with Crippen LogP contribution < -0.4 is 10.6 Å². The van der Waals surface area contributed by atoms with E-state index in [4.69, 9.17) is 4.52 Å². The molecule has 140 valence electrons. The Hall–Kier alpha value is -3.74. The van der Waals surface area contributed by atoms with Gasteiger partial charge in [0.25, 0.3) is 0 Å². The van der Waals surface area contributed by atoms with Crippen LogP contribution in [-0.2, 0) is 11.2 Å². The van der Waals surface area contributed by atoms with Crippen LogP contribution in [0.2, 0.25) is 0 Å². The number of nitrogens with zero attached hydrogens (tertiary/aromatic N) is 3. The summed E-state index contributed by atoms with van der Waals surface area (Å²) in [7, 11) is 0. The molecule has 2 aromatic carbocycles. The lowest BCUT2D eigenvalue weighted by Gasteiger charge is -2.08. The molecule has 7 heteroatoms. The Bertz CT molecular complexity index is 1140. The molecule has 0 bridgehead atoms. The molecule has 0 saturated carbocycles. The van der Waals surface area contributed by atoms with E-state index in [1.54, 1.807) is 0 Å². The fourth-order valence-corrected chi connectivity index (χ4v) is 2.89. The van der Waals surface area contributed by atoms with Crippen LogP contribution in [-0.4, -0.2) is 21.0 Å². The molecule has 0 aliphatic carbocycles. The summed E-state index contributed by atoms with van der Waals surface area (Å²) in [5, 5.41) is 11.0. The van der Waals surface area contributed by atoms with Crippen LogP contribution in [0.1, 0.15) is 17.0 Å². The van der Waals surface area contributed by atoms with Gasteiger partial charge in [-0.2, -0.15) is 0 Å².